The molecule has 5 rings (SSSR count). The van der Waals surface area contributed by atoms with Gasteiger partial charge in [-0.05, 0) is 66.7 Å². The number of hydrogen-bond donors (Lipinski definition) is 0. The van der Waals surface area contributed by atoms with Crippen molar-refractivity contribution in [1.82, 2.24) is 14.7 Å². The summed E-state index contributed by atoms with van der Waals surface area (Å²) in [7, 11) is 0. The minimum atomic E-state index is 0.109. The Balaban J connectivity index is 1.56. The fraction of sp³-hybridized carbons (Fsp3) is 0.440. The molecule has 4 nitrogen and oxygen atoms in total. The first-order chi connectivity index (χ1) is 14.2. The maximum absolute atomic E-state index is 13.9. The second-order valence-corrected chi connectivity index (χ2v) is 11.2. The summed E-state index contributed by atoms with van der Waals surface area (Å²) in [4.78, 5) is 17.1. The minimum Gasteiger partial charge on any atom is -0.334 e. The van der Waals surface area contributed by atoms with Gasteiger partial charge in [0, 0.05) is 12.6 Å². The Hall–Kier alpha value is -2.40. The van der Waals surface area contributed by atoms with Crippen molar-refractivity contribution < 1.29 is 4.79 Å². The number of benzene rings is 1. The lowest BCUT2D eigenvalue weighted by molar-refractivity contribution is 0.0699. The van der Waals surface area contributed by atoms with Crippen LogP contribution in [0.1, 0.15) is 56.1 Å². The van der Waals surface area contributed by atoms with E-state index in [1.54, 1.807) is 11.3 Å². The molecule has 3 aromatic rings. The Bertz CT molecular complexity index is 1080. The standard InChI is InChI=1S/C25H29N3OS/c1-17-7-9-18(10-8-17)28-21(12-20(26-28)22-6-5-11-30-22)23(29)27-16-25(4)14-19(27)13-24(2,3)15-25/h5-12,19H,13-16H2,1-4H3. The third kappa shape index (κ3) is 3.39. The Morgan fingerprint density at radius 2 is 1.90 bits per heavy atom. The maximum atomic E-state index is 13.9. The van der Waals surface area contributed by atoms with E-state index >= 15 is 0 Å². The fourth-order valence-corrected chi connectivity index (χ4v) is 6.49. The molecule has 2 bridgehead atoms. The number of rotatable bonds is 3. The second kappa shape index (κ2) is 6.81. The first-order valence-corrected chi connectivity index (χ1v) is 11.6. The predicted octanol–water partition coefficient (Wildman–Crippen LogP) is 5.95. The Labute approximate surface area is 182 Å². The summed E-state index contributed by atoms with van der Waals surface area (Å²) in [5.74, 6) is 0.109. The smallest absolute Gasteiger partial charge is 0.272 e. The van der Waals surface area contributed by atoms with Crippen molar-refractivity contribution in [3.63, 3.8) is 0 Å². The van der Waals surface area contributed by atoms with Gasteiger partial charge < -0.3 is 4.90 Å². The molecule has 0 spiro atoms. The van der Waals surface area contributed by atoms with Crippen molar-refractivity contribution in [1.29, 1.82) is 0 Å². The molecular formula is C25H29N3OS. The van der Waals surface area contributed by atoms with Crippen LogP contribution in [0.5, 0.6) is 0 Å². The van der Waals surface area contributed by atoms with E-state index in [0.717, 1.165) is 35.6 Å². The van der Waals surface area contributed by atoms with Crippen LogP contribution >= 0.6 is 11.3 Å². The summed E-state index contributed by atoms with van der Waals surface area (Å²) in [5.41, 5.74) is 4.15. The average molecular weight is 420 g/mol. The molecule has 1 saturated carbocycles. The molecule has 1 amide bonds. The molecule has 2 aromatic heterocycles. The molecule has 1 aromatic carbocycles. The number of nitrogens with zero attached hydrogens (tertiary/aromatic N) is 3. The molecule has 2 fully saturated rings. The molecular weight excluding hydrogens is 390 g/mol. The quantitative estimate of drug-likeness (QED) is 0.526. The van der Waals surface area contributed by atoms with Crippen LogP contribution in [0.3, 0.4) is 0 Å². The van der Waals surface area contributed by atoms with E-state index in [-0.39, 0.29) is 16.7 Å². The van der Waals surface area contributed by atoms with Crippen molar-refractivity contribution >= 4 is 17.2 Å². The zero-order valence-electron chi connectivity index (χ0n) is 18.2. The van der Waals surface area contributed by atoms with E-state index in [2.05, 4.69) is 50.8 Å². The van der Waals surface area contributed by atoms with E-state index in [1.165, 1.54) is 12.0 Å². The highest BCUT2D eigenvalue weighted by Crippen LogP contribution is 2.52. The summed E-state index contributed by atoms with van der Waals surface area (Å²) < 4.78 is 1.84. The molecule has 0 N–H and O–H groups in total. The lowest BCUT2D eigenvalue weighted by Gasteiger charge is -2.39. The van der Waals surface area contributed by atoms with Crippen LogP contribution in [0.15, 0.2) is 47.8 Å². The van der Waals surface area contributed by atoms with Gasteiger partial charge >= 0.3 is 0 Å². The highest BCUT2D eigenvalue weighted by molar-refractivity contribution is 7.13. The number of hydrogen-bond acceptors (Lipinski definition) is 3. The largest absolute Gasteiger partial charge is 0.334 e. The van der Waals surface area contributed by atoms with Gasteiger partial charge in [0.1, 0.15) is 11.4 Å². The molecule has 2 aliphatic rings. The fourth-order valence-electron chi connectivity index (χ4n) is 5.81. The van der Waals surface area contributed by atoms with Gasteiger partial charge in [-0.2, -0.15) is 5.10 Å². The number of amides is 1. The maximum Gasteiger partial charge on any atom is 0.272 e. The van der Waals surface area contributed by atoms with Gasteiger partial charge in [-0.15, -0.1) is 11.3 Å². The third-order valence-electron chi connectivity index (χ3n) is 6.66. The van der Waals surface area contributed by atoms with E-state index in [0.29, 0.717) is 11.7 Å². The van der Waals surface area contributed by atoms with Crippen LogP contribution in [0.2, 0.25) is 0 Å². The average Bonchev–Trinajstić information content (AvgIpc) is 3.38. The molecule has 156 valence electrons. The molecule has 5 heteroatoms. The summed E-state index contributed by atoms with van der Waals surface area (Å²) in [6, 6.07) is 14.6. The van der Waals surface area contributed by atoms with Crippen molar-refractivity contribution in [3.8, 4) is 16.3 Å². The molecule has 2 atom stereocenters. The van der Waals surface area contributed by atoms with Crippen LogP contribution < -0.4 is 0 Å². The molecule has 0 radical (unpaired) electrons. The number of fused-ring (bicyclic) bond motifs is 2. The summed E-state index contributed by atoms with van der Waals surface area (Å²) in [6.07, 6.45) is 3.36. The van der Waals surface area contributed by atoms with Gasteiger partial charge in [0.15, 0.2) is 0 Å². The Kier molecular flexibility index (Phi) is 4.44. The van der Waals surface area contributed by atoms with Crippen molar-refractivity contribution in [2.45, 2.75) is 53.0 Å². The molecule has 2 unspecified atom stereocenters. The van der Waals surface area contributed by atoms with Gasteiger partial charge in [0.2, 0.25) is 0 Å². The first kappa shape index (κ1) is 19.6. The van der Waals surface area contributed by atoms with Crippen molar-refractivity contribution in [2.24, 2.45) is 10.8 Å². The predicted molar refractivity (Wildman–Crippen MR) is 122 cm³/mol. The lowest BCUT2D eigenvalue weighted by Crippen LogP contribution is -2.38. The van der Waals surface area contributed by atoms with Crippen LogP contribution in [0.25, 0.3) is 16.3 Å². The van der Waals surface area contributed by atoms with E-state index in [4.69, 9.17) is 5.10 Å². The molecule has 1 saturated heterocycles. The molecule has 1 aliphatic heterocycles. The molecule has 3 heterocycles. The topological polar surface area (TPSA) is 38.1 Å². The molecule has 1 aliphatic carbocycles. The number of likely N-dealkylation sites (tertiary alicyclic amines) is 1. The van der Waals surface area contributed by atoms with Gasteiger partial charge in [-0.25, -0.2) is 4.68 Å². The second-order valence-electron chi connectivity index (χ2n) is 10.3. The zero-order chi connectivity index (χ0) is 21.1. The van der Waals surface area contributed by atoms with E-state index in [9.17, 15) is 4.79 Å². The lowest BCUT2D eigenvalue weighted by atomic mass is 9.65. The van der Waals surface area contributed by atoms with Crippen molar-refractivity contribution in [2.75, 3.05) is 6.54 Å². The summed E-state index contributed by atoms with van der Waals surface area (Å²) in [6.45, 7) is 9.95. The van der Waals surface area contributed by atoms with Crippen LogP contribution in [0, 0.1) is 17.8 Å². The Morgan fingerprint density at radius 1 is 1.13 bits per heavy atom. The zero-order valence-corrected chi connectivity index (χ0v) is 19.0. The molecule has 30 heavy (non-hydrogen) atoms. The van der Waals surface area contributed by atoms with Crippen LogP contribution in [0.4, 0.5) is 0 Å². The number of carbonyl (C=O) groups excluding carboxylic acids is 1. The first-order valence-electron chi connectivity index (χ1n) is 10.8. The number of aryl methyl sites for hydroxylation is 1. The highest BCUT2D eigenvalue weighted by atomic mass is 32.1. The van der Waals surface area contributed by atoms with Crippen LogP contribution in [-0.4, -0.2) is 33.2 Å². The summed E-state index contributed by atoms with van der Waals surface area (Å²) >= 11 is 1.65. The third-order valence-corrected chi connectivity index (χ3v) is 7.55. The summed E-state index contributed by atoms with van der Waals surface area (Å²) in [5, 5.41) is 6.91. The number of thiophene rings is 1. The minimum absolute atomic E-state index is 0.109. The highest BCUT2D eigenvalue weighted by Gasteiger charge is 2.51. The normalized spacial score (nSPS) is 24.9. The van der Waals surface area contributed by atoms with E-state index < -0.39 is 0 Å². The Morgan fingerprint density at radius 3 is 2.60 bits per heavy atom. The van der Waals surface area contributed by atoms with Gasteiger partial charge in [0.25, 0.3) is 5.91 Å². The number of aromatic nitrogens is 2. The van der Waals surface area contributed by atoms with Gasteiger partial charge in [-0.3, -0.25) is 4.79 Å². The van der Waals surface area contributed by atoms with E-state index in [1.807, 2.05) is 34.3 Å². The number of carbonyl (C=O) groups is 1. The van der Waals surface area contributed by atoms with Crippen LogP contribution in [-0.2, 0) is 0 Å². The van der Waals surface area contributed by atoms with Crippen molar-refractivity contribution in [3.05, 3.63) is 59.1 Å². The SMILES string of the molecule is Cc1ccc(-n2nc(-c3cccs3)cc2C(=O)N2CC3(C)CC2CC(C)(C)C3)cc1. The van der Waals surface area contributed by atoms with Gasteiger partial charge in [-0.1, -0.05) is 44.5 Å². The van der Waals surface area contributed by atoms with Gasteiger partial charge in [0.05, 0.1) is 10.6 Å². The monoisotopic (exact) mass is 419 g/mol.